The van der Waals surface area contributed by atoms with Crippen molar-refractivity contribution in [2.24, 2.45) is 5.16 Å². The number of ether oxygens (including phenoxy) is 1. The Kier molecular flexibility index (Phi) is 3.68. The van der Waals surface area contributed by atoms with Gasteiger partial charge in [0.15, 0.2) is 0 Å². The highest BCUT2D eigenvalue weighted by atomic mass is 16.5. The van der Waals surface area contributed by atoms with Gasteiger partial charge in [-0.2, -0.15) is 0 Å². The van der Waals surface area contributed by atoms with Crippen molar-refractivity contribution in [3.05, 3.63) is 64.1 Å². The molecule has 0 aliphatic carbocycles. The smallest absolute Gasteiger partial charge is 0.366 e. The van der Waals surface area contributed by atoms with Gasteiger partial charge >= 0.3 is 5.63 Å². The average molecular weight is 312 g/mol. The fourth-order valence-corrected chi connectivity index (χ4v) is 2.28. The Morgan fingerprint density at radius 1 is 1.22 bits per heavy atom. The third-order valence-corrected chi connectivity index (χ3v) is 3.41. The molecule has 3 aromatic rings. The summed E-state index contributed by atoms with van der Waals surface area (Å²) in [6.45, 7) is 0. The second-order valence-corrected chi connectivity index (χ2v) is 4.70. The monoisotopic (exact) mass is 312 g/mol. The van der Waals surface area contributed by atoms with E-state index in [9.17, 15) is 15.1 Å². The number of hydrogen-bond acceptors (Lipinski definition) is 7. The van der Waals surface area contributed by atoms with Crippen LogP contribution in [0.5, 0.6) is 11.5 Å². The van der Waals surface area contributed by atoms with Crippen molar-refractivity contribution >= 4 is 16.5 Å². The summed E-state index contributed by atoms with van der Waals surface area (Å²) in [4.78, 5) is 11.7. The molecule has 0 saturated carbocycles. The number of methoxy groups -OCH3 is 1. The third-order valence-electron chi connectivity index (χ3n) is 3.41. The molecule has 0 amide bonds. The molecule has 1 aromatic heterocycles. The van der Waals surface area contributed by atoms with Crippen LogP contribution in [-0.4, -0.2) is 28.3 Å². The maximum Gasteiger partial charge on any atom is 0.366 e. The highest BCUT2D eigenvalue weighted by molar-refractivity contribution is 6.18. The number of phenolic OH excluding ortho intramolecular Hbond substituents is 1. The van der Waals surface area contributed by atoms with Crippen LogP contribution in [0.15, 0.2) is 56.9 Å². The van der Waals surface area contributed by atoms with Crippen molar-refractivity contribution in [2.75, 3.05) is 7.11 Å². The van der Waals surface area contributed by atoms with Crippen molar-refractivity contribution in [1.82, 2.24) is 5.16 Å². The Morgan fingerprint density at radius 3 is 2.65 bits per heavy atom. The van der Waals surface area contributed by atoms with Gasteiger partial charge in [-0.3, -0.25) is 0 Å². The molecule has 2 N–H and O–H groups in total. The van der Waals surface area contributed by atoms with Crippen LogP contribution in [-0.2, 0) is 0 Å². The van der Waals surface area contributed by atoms with E-state index >= 15 is 0 Å². The second kappa shape index (κ2) is 5.80. The van der Waals surface area contributed by atoms with Gasteiger partial charge in [0, 0.05) is 5.39 Å². The third kappa shape index (κ3) is 2.48. The molecule has 0 fully saturated rings. The Hall–Kier alpha value is -3.35. The van der Waals surface area contributed by atoms with Gasteiger partial charge in [-0.1, -0.05) is 28.5 Å². The van der Waals surface area contributed by atoms with Gasteiger partial charge in [-0.05, 0) is 24.3 Å². The quantitative estimate of drug-likeness (QED) is 0.436. The number of nitrogens with zero attached hydrogens (tertiary/aromatic N) is 2. The van der Waals surface area contributed by atoms with E-state index in [1.165, 1.54) is 19.2 Å². The summed E-state index contributed by atoms with van der Waals surface area (Å²) in [6.07, 6.45) is 0. The predicted molar refractivity (Wildman–Crippen MR) is 82.4 cm³/mol. The van der Waals surface area contributed by atoms with E-state index in [1.54, 1.807) is 30.3 Å². The van der Waals surface area contributed by atoms with E-state index in [2.05, 4.69) is 10.3 Å². The minimum absolute atomic E-state index is 0.0404. The fraction of sp³-hybridized carbons (Fsp3) is 0.0625. The lowest BCUT2D eigenvalue weighted by Gasteiger charge is -2.09. The molecular weight excluding hydrogens is 300 g/mol. The molecule has 0 bridgehead atoms. The van der Waals surface area contributed by atoms with Crippen LogP contribution in [0.25, 0.3) is 10.8 Å². The van der Waals surface area contributed by atoms with Gasteiger partial charge in [0.05, 0.1) is 18.1 Å². The van der Waals surface area contributed by atoms with Gasteiger partial charge in [0.1, 0.15) is 22.9 Å². The van der Waals surface area contributed by atoms with Gasteiger partial charge in [0.2, 0.25) is 0 Å². The molecule has 7 nitrogen and oxygen atoms in total. The van der Waals surface area contributed by atoms with Crippen LogP contribution in [0.1, 0.15) is 11.3 Å². The molecule has 0 unspecified atom stereocenters. The lowest BCUT2D eigenvalue weighted by atomic mass is 10.0. The number of phenols is 1. The molecular formula is C16H12N2O5. The number of rotatable bonds is 3. The molecule has 3 rings (SSSR count). The van der Waals surface area contributed by atoms with Crippen LogP contribution in [0.4, 0.5) is 0 Å². The Morgan fingerprint density at radius 2 is 1.96 bits per heavy atom. The Labute approximate surface area is 130 Å². The molecule has 2 aromatic carbocycles. The SMILES string of the molecule is COc1ccc(O)c(/C(=N/O)c2noc(=O)c3ccccc23)c1. The van der Waals surface area contributed by atoms with E-state index in [0.717, 1.165) is 0 Å². The summed E-state index contributed by atoms with van der Waals surface area (Å²) in [5.41, 5.74) is -0.317. The second-order valence-electron chi connectivity index (χ2n) is 4.70. The molecule has 23 heavy (non-hydrogen) atoms. The summed E-state index contributed by atoms with van der Waals surface area (Å²) in [7, 11) is 1.47. The minimum Gasteiger partial charge on any atom is -0.507 e. The number of fused-ring (bicyclic) bond motifs is 1. The van der Waals surface area contributed by atoms with E-state index in [0.29, 0.717) is 16.5 Å². The standard InChI is InChI=1S/C16H12N2O5/c1-22-9-6-7-13(19)12(8-9)14(17-21)15-10-4-2-3-5-11(10)16(20)23-18-15/h2-8,19,21H,1H3/b17-14-. The maximum atomic E-state index is 11.7. The van der Waals surface area contributed by atoms with E-state index < -0.39 is 5.63 Å². The van der Waals surface area contributed by atoms with Crippen LogP contribution in [0.3, 0.4) is 0 Å². The fourth-order valence-electron chi connectivity index (χ4n) is 2.28. The van der Waals surface area contributed by atoms with Gasteiger partial charge in [-0.15, -0.1) is 0 Å². The average Bonchev–Trinajstić information content (AvgIpc) is 2.59. The highest BCUT2D eigenvalue weighted by Crippen LogP contribution is 2.27. The molecule has 116 valence electrons. The van der Waals surface area contributed by atoms with Crippen molar-refractivity contribution in [3.8, 4) is 11.5 Å². The highest BCUT2D eigenvalue weighted by Gasteiger charge is 2.19. The van der Waals surface area contributed by atoms with E-state index in [1.807, 2.05) is 0 Å². The summed E-state index contributed by atoms with van der Waals surface area (Å²) in [5, 5.41) is 27.2. The summed E-state index contributed by atoms with van der Waals surface area (Å²) >= 11 is 0. The molecule has 7 heteroatoms. The van der Waals surface area contributed by atoms with Crippen molar-refractivity contribution in [3.63, 3.8) is 0 Å². The van der Waals surface area contributed by atoms with Crippen molar-refractivity contribution in [1.29, 1.82) is 0 Å². The lowest BCUT2D eigenvalue weighted by Crippen LogP contribution is -2.12. The normalized spacial score (nSPS) is 11.6. The molecule has 0 aliphatic rings. The zero-order valence-corrected chi connectivity index (χ0v) is 12.1. The minimum atomic E-state index is -0.600. The number of oxime groups is 1. The van der Waals surface area contributed by atoms with Crippen LogP contribution < -0.4 is 10.4 Å². The first kappa shape index (κ1) is 14.6. The zero-order chi connectivity index (χ0) is 16.4. The number of benzene rings is 2. The predicted octanol–water partition coefficient (Wildman–Crippen LogP) is 2.13. The Balaban J connectivity index is 2.29. The van der Waals surface area contributed by atoms with Gasteiger partial charge in [0.25, 0.3) is 0 Å². The van der Waals surface area contributed by atoms with Crippen LogP contribution >= 0.6 is 0 Å². The number of hydrogen-bond donors (Lipinski definition) is 2. The first-order chi connectivity index (χ1) is 11.2. The van der Waals surface area contributed by atoms with E-state index in [4.69, 9.17) is 9.26 Å². The molecule has 0 atom stereocenters. The van der Waals surface area contributed by atoms with Crippen LogP contribution in [0.2, 0.25) is 0 Å². The van der Waals surface area contributed by atoms with E-state index in [-0.39, 0.29) is 22.7 Å². The summed E-state index contributed by atoms with van der Waals surface area (Å²) in [5.74, 6) is 0.330. The largest absolute Gasteiger partial charge is 0.507 e. The molecule has 0 spiro atoms. The van der Waals surface area contributed by atoms with Gasteiger partial charge < -0.3 is 19.6 Å². The first-order valence-electron chi connectivity index (χ1n) is 6.64. The summed E-state index contributed by atoms with van der Waals surface area (Å²) < 4.78 is 9.87. The molecule has 0 saturated heterocycles. The number of aromatic hydroxyl groups is 1. The molecule has 1 heterocycles. The Bertz CT molecular complexity index is 962. The maximum absolute atomic E-state index is 11.7. The first-order valence-corrected chi connectivity index (χ1v) is 6.64. The lowest BCUT2D eigenvalue weighted by molar-refractivity contribution is 0.317. The van der Waals surface area contributed by atoms with Crippen LogP contribution in [0, 0.1) is 0 Å². The zero-order valence-electron chi connectivity index (χ0n) is 12.1. The van der Waals surface area contributed by atoms with Crippen molar-refractivity contribution < 1.29 is 19.6 Å². The summed E-state index contributed by atoms with van der Waals surface area (Å²) in [6, 6.07) is 11.1. The molecule has 0 aliphatic heterocycles. The molecule has 0 radical (unpaired) electrons. The van der Waals surface area contributed by atoms with Crippen molar-refractivity contribution in [2.45, 2.75) is 0 Å². The topological polar surface area (TPSA) is 105 Å². The number of aromatic nitrogens is 1. The van der Waals surface area contributed by atoms with Gasteiger partial charge in [-0.25, -0.2) is 4.79 Å².